The maximum Gasteiger partial charge on any atom is 0.238 e. The maximum absolute atomic E-state index is 14.6. The highest BCUT2D eigenvalue weighted by molar-refractivity contribution is 6.31. The maximum atomic E-state index is 14.6. The second-order valence-corrected chi connectivity index (χ2v) is 14.2. The van der Waals surface area contributed by atoms with Gasteiger partial charge in [-0.3, -0.25) is 4.79 Å². The number of nitrogens with zero attached hydrogens (tertiary/aromatic N) is 6. The molecule has 1 amide bonds. The fraction of sp³-hybridized carbons (Fsp3) is 0.385. The Balaban J connectivity index is 1.11. The van der Waals surface area contributed by atoms with Crippen LogP contribution in [0.3, 0.4) is 0 Å². The number of unbranched alkanes of at least 4 members (excludes halogenated alkanes) is 2. The molecule has 1 spiro atoms. The summed E-state index contributed by atoms with van der Waals surface area (Å²) in [5.41, 5.74) is 7.80. The third kappa shape index (κ3) is 6.19. The van der Waals surface area contributed by atoms with Crippen LogP contribution in [0.5, 0.6) is 0 Å². The van der Waals surface area contributed by atoms with Gasteiger partial charge in [-0.05, 0) is 99.0 Å². The second kappa shape index (κ2) is 13.9. The largest absolute Gasteiger partial charge is 0.370 e. The molecule has 2 aliphatic heterocycles. The summed E-state index contributed by atoms with van der Waals surface area (Å²) >= 11 is 12.7. The van der Waals surface area contributed by atoms with E-state index < -0.39 is 5.41 Å². The molecule has 4 aromatic rings. The summed E-state index contributed by atoms with van der Waals surface area (Å²) in [5, 5.41) is 19.7. The van der Waals surface area contributed by atoms with E-state index in [1.165, 1.54) is 11.1 Å². The normalized spacial score (nSPS) is 19.9. The van der Waals surface area contributed by atoms with Gasteiger partial charge in [-0.25, -0.2) is 4.98 Å². The molecule has 3 heterocycles. The van der Waals surface area contributed by atoms with E-state index in [-0.39, 0.29) is 12.0 Å². The predicted molar refractivity (Wildman–Crippen MR) is 193 cm³/mol. The molecule has 0 radical (unpaired) electrons. The van der Waals surface area contributed by atoms with Crippen molar-refractivity contribution in [1.82, 2.24) is 9.55 Å². The summed E-state index contributed by atoms with van der Waals surface area (Å²) in [6.45, 7) is 4.29. The average Bonchev–Trinajstić information content (AvgIpc) is 3.49. The van der Waals surface area contributed by atoms with Crippen LogP contribution in [-0.4, -0.2) is 34.7 Å². The molecule has 0 bridgehead atoms. The van der Waals surface area contributed by atoms with Crippen molar-refractivity contribution in [1.29, 1.82) is 10.5 Å². The molecular formula is C39H38Cl2N6O2. The zero-order chi connectivity index (χ0) is 34.1. The number of halogens is 2. The molecule has 7 rings (SSSR count). The summed E-state index contributed by atoms with van der Waals surface area (Å²) in [6, 6.07) is 24.4. The van der Waals surface area contributed by atoms with Gasteiger partial charge < -0.3 is 19.1 Å². The van der Waals surface area contributed by atoms with Gasteiger partial charge in [0.1, 0.15) is 12.4 Å². The first-order valence-electron chi connectivity index (χ1n) is 17.0. The standard InChI is InChI=1S/C39H38Cl2N6O2/c1-26-10-11-27-20-28(40)12-14-33(27)45(18-6-4-16-42)36(26)24-47-34-9-3-2-8-31(34)39(38(47)48)22-30(23-39)49-25-37-44-32-21-29(41)13-15-35(32)46(37)19-7-5-17-43/h2-3,8-9,12-15,20-21,30H,4-7,10-11,18-19,22-25H2,1H3. The van der Waals surface area contributed by atoms with E-state index in [0.29, 0.717) is 62.0 Å². The minimum atomic E-state index is -0.627. The van der Waals surface area contributed by atoms with Gasteiger partial charge in [0.15, 0.2) is 0 Å². The van der Waals surface area contributed by atoms with Crippen molar-refractivity contribution >= 4 is 51.5 Å². The van der Waals surface area contributed by atoms with Crippen LogP contribution in [0.4, 0.5) is 11.4 Å². The Labute approximate surface area is 297 Å². The summed E-state index contributed by atoms with van der Waals surface area (Å²) in [6.07, 6.45) is 5.22. The number of allylic oxidation sites excluding steroid dienone is 1. The number of amides is 1. The van der Waals surface area contributed by atoms with E-state index in [9.17, 15) is 10.1 Å². The van der Waals surface area contributed by atoms with Crippen LogP contribution in [0.25, 0.3) is 11.0 Å². The molecule has 0 N–H and O–H groups in total. The molecule has 0 atom stereocenters. The summed E-state index contributed by atoms with van der Waals surface area (Å²) < 4.78 is 8.57. The van der Waals surface area contributed by atoms with Crippen molar-refractivity contribution in [3.63, 3.8) is 0 Å². The lowest BCUT2D eigenvalue weighted by molar-refractivity contribution is -0.135. The number of imidazole rings is 1. The Morgan fingerprint density at radius 3 is 2.45 bits per heavy atom. The summed E-state index contributed by atoms with van der Waals surface area (Å²) in [7, 11) is 0. The van der Waals surface area contributed by atoms with E-state index in [2.05, 4.69) is 46.7 Å². The van der Waals surface area contributed by atoms with Crippen LogP contribution in [0.15, 0.2) is 71.9 Å². The molecular weight excluding hydrogens is 655 g/mol. The molecule has 1 aliphatic carbocycles. The molecule has 0 unspecified atom stereocenters. The zero-order valence-corrected chi connectivity index (χ0v) is 29.1. The second-order valence-electron chi connectivity index (χ2n) is 13.3. The molecule has 3 aromatic carbocycles. The molecule has 1 aromatic heterocycles. The zero-order valence-electron chi connectivity index (χ0n) is 27.6. The van der Waals surface area contributed by atoms with Crippen LogP contribution >= 0.6 is 23.2 Å². The number of aromatic nitrogens is 2. The fourth-order valence-corrected chi connectivity index (χ4v) is 8.17. The highest BCUT2D eigenvalue weighted by atomic mass is 35.5. The molecule has 49 heavy (non-hydrogen) atoms. The molecule has 250 valence electrons. The Bertz CT molecular complexity index is 2030. The van der Waals surface area contributed by atoms with Crippen LogP contribution in [0, 0.1) is 22.7 Å². The first-order valence-corrected chi connectivity index (χ1v) is 17.7. The predicted octanol–water partition coefficient (Wildman–Crippen LogP) is 8.64. The number of carbonyl (C=O) groups is 1. The van der Waals surface area contributed by atoms with Gasteiger partial charge in [0, 0.05) is 53.0 Å². The SMILES string of the molecule is CC1=C(CN2C(=O)C3(CC(OCc4nc5cc(Cl)ccc5n4CCCC#N)C3)c3ccccc32)N(CCCC#N)c2ccc(Cl)cc2CC1. The number of anilines is 2. The third-order valence-corrected chi connectivity index (χ3v) is 10.8. The number of aryl methyl sites for hydroxylation is 2. The van der Waals surface area contributed by atoms with Crippen molar-refractivity contribution < 1.29 is 9.53 Å². The van der Waals surface area contributed by atoms with Crippen molar-refractivity contribution in [3.8, 4) is 12.1 Å². The summed E-state index contributed by atoms with van der Waals surface area (Å²) in [4.78, 5) is 23.7. The van der Waals surface area contributed by atoms with Crippen LogP contribution in [-0.2, 0) is 34.5 Å². The molecule has 1 saturated carbocycles. The first-order chi connectivity index (χ1) is 23.8. The molecule has 8 nitrogen and oxygen atoms in total. The molecule has 3 aliphatic rings. The van der Waals surface area contributed by atoms with Gasteiger partial charge in [-0.15, -0.1) is 0 Å². The Morgan fingerprint density at radius 1 is 0.918 bits per heavy atom. The topological polar surface area (TPSA) is 98.2 Å². The lowest BCUT2D eigenvalue weighted by atomic mass is 9.63. The van der Waals surface area contributed by atoms with Crippen molar-refractivity contribution in [3.05, 3.63) is 98.9 Å². The van der Waals surface area contributed by atoms with Crippen LogP contribution < -0.4 is 9.80 Å². The van der Waals surface area contributed by atoms with E-state index in [1.54, 1.807) is 0 Å². The average molecular weight is 694 g/mol. The van der Waals surface area contributed by atoms with Gasteiger partial charge >= 0.3 is 0 Å². The monoisotopic (exact) mass is 692 g/mol. The number of fused-ring (bicyclic) bond motifs is 4. The fourth-order valence-electron chi connectivity index (χ4n) is 7.81. The Kier molecular flexibility index (Phi) is 9.40. The van der Waals surface area contributed by atoms with Gasteiger partial charge in [-0.1, -0.05) is 47.0 Å². The Morgan fingerprint density at radius 2 is 1.65 bits per heavy atom. The molecule has 0 saturated heterocycles. The van der Waals surface area contributed by atoms with E-state index in [0.717, 1.165) is 65.2 Å². The number of rotatable bonds is 11. The Hall–Kier alpha value is -4.34. The number of carbonyl (C=O) groups excluding carboxylic acids is 1. The number of benzene rings is 3. The minimum absolute atomic E-state index is 0.0918. The van der Waals surface area contributed by atoms with Crippen molar-refractivity contribution in [2.24, 2.45) is 0 Å². The quantitative estimate of drug-likeness (QED) is 0.146. The lowest BCUT2D eigenvalue weighted by Gasteiger charge is -2.43. The number of nitriles is 2. The van der Waals surface area contributed by atoms with Crippen LogP contribution in [0.1, 0.15) is 68.8 Å². The van der Waals surface area contributed by atoms with Gasteiger partial charge in [0.05, 0.1) is 41.2 Å². The number of ether oxygens (including phenoxy) is 1. The van der Waals surface area contributed by atoms with E-state index >= 15 is 0 Å². The summed E-state index contributed by atoms with van der Waals surface area (Å²) in [5.74, 6) is 0.912. The minimum Gasteiger partial charge on any atom is -0.370 e. The number of hydrogen-bond acceptors (Lipinski definition) is 6. The van der Waals surface area contributed by atoms with E-state index in [1.807, 2.05) is 47.4 Å². The highest BCUT2D eigenvalue weighted by Gasteiger charge is 2.59. The highest BCUT2D eigenvalue weighted by Crippen LogP contribution is 2.55. The van der Waals surface area contributed by atoms with Gasteiger partial charge in [0.2, 0.25) is 5.91 Å². The number of hydrogen-bond donors (Lipinski definition) is 0. The lowest BCUT2D eigenvalue weighted by Crippen LogP contribution is -2.53. The molecule has 1 fully saturated rings. The van der Waals surface area contributed by atoms with Crippen molar-refractivity contribution in [2.45, 2.75) is 83.0 Å². The smallest absolute Gasteiger partial charge is 0.238 e. The van der Waals surface area contributed by atoms with Gasteiger partial charge in [-0.2, -0.15) is 10.5 Å². The van der Waals surface area contributed by atoms with Crippen LogP contribution in [0.2, 0.25) is 10.0 Å². The van der Waals surface area contributed by atoms with Gasteiger partial charge in [0.25, 0.3) is 0 Å². The van der Waals surface area contributed by atoms with Crippen molar-refractivity contribution in [2.75, 3.05) is 22.9 Å². The first kappa shape index (κ1) is 33.2. The molecule has 10 heteroatoms. The third-order valence-electron chi connectivity index (χ3n) is 10.3. The number of para-hydroxylation sites is 1. The van der Waals surface area contributed by atoms with E-state index in [4.69, 9.17) is 38.2 Å².